The topological polar surface area (TPSA) is 54.8 Å². The summed E-state index contributed by atoms with van der Waals surface area (Å²) in [5.41, 5.74) is 9.88. The van der Waals surface area contributed by atoms with Gasteiger partial charge < -0.3 is 10.3 Å². The SMILES string of the molecule is N=C(N)c1cccc(Cn2c3ccc(Br)cc3c3cc(Br)ccc32)c1. The molecule has 124 valence electrons. The van der Waals surface area contributed by atoms with Crippen molar-refractivity contribution in [1.29, 1.82) is 5.41 Å². The van der Waals surface area contributed by atoms with Crippen molar-refractivity contribution < 1.29 is 0 Å². The second-order valence-corrected chi connectivity index (χ2v) is 7.85. The Morgan fingerprint density at radius 3 is 2.04 bits per heavy atom. The van der Waals surface area contributed by atoms with E-state index in [0.717, 1.165) is 26.6 Å². The van der Waals surface area contributed by atoms with Crippen LogP contribution >= 0.6 is 31.9 Å². The third-order valence-electron chi connectivity index (χ3n) is 4.37. The third-order valence-corrected chi connectivity index (χ3v) is 5.35. The van der Waals surface area contributed by atoms with E-state index in [4.69, 9.17) is 11.1 Å². The average Bonchev–Trinajstić information content (AvgIpc) is 2.88. The summed E-state index contributed by atoms with van der Waals surface area (Å²) in [4.78, 5) is 0. The fourth-order valence-corrected chi connectivity index (χ4v) is 3.96. The lowest BCUT2D eigenvalue weighted by molar-refractivity contribution is 0.868. The van der Waals surface area contributed by atoms with E-state index in [1.54, 1.807) is 0 Å². The van der Waals surface area contributed by atoms with Crippen molar-refractivity contribution in [3.8, 4) is 0 Å². The predicted molar refractivity (Wildman–Crippen MR) is 111 cm³/mol. The van der Waals surface area contributed by atoms with Crippen LogP contribution in [0.25, 0.3) is 21.8 Å². The number of nitrogens with zero attached hydrogens (tertiary/aromatic N) is 1. The maximum atomic E-state index is 7.65. The van der Waals surface area contributed by atoms with Crippen LogP contribution in [0.4, 0.5) is 0 Å². The van der Waals surface area contributed by atoms with E-state index in [-0.39, 0.29) is 5.84 Å². The van der Waals surface area contributed by atoms with Crippen LogP contribution in [0.1, 0.15) is 11.1 Å². The van der Waals surface area contributed by atoms with E-state index >= 15 is 0 Å². The fourth-order valence-electron chi connectivity index (χ4n) is 3.24. The Bertz CT molecular complexity index is 1070. The van der Waals surface area contributed by atoms with Gasteiger partial charge in [0, 0.05) is 42.9 Å². The van der Waals surface area contributed by atoms with Gasteiger partial charge in [0.25, 0.3) is 0 Å². The number of nitrogens with two attached hydrogens (primary N) is 1. The molecular formula is C20H15Br2N3. The summed E-state index contributed by atoms with van der Waals surface area (Å²) >= 11 is 7.16. The monoisotopic (exact) mass is 455 g/mol. The molecule has 0 aliphatic heterocycles. The molecule has 0 bridgehead atoms. The highest BCUT2D eigenvalue weighted by Crippen LogP contribution is 2.33. The first-order valence-corrected chi connectivity index (χ1v) is 9.42. The zero-order valence-electron chi connectivity index (χ0n) is 13.3. The van der Waals surface area contributed by atoms with Gasteiger partial charge in [0.15, 0.2) is 0 Å². The van der Waals surface area contributed by atoms with Gasteiger partial charge in [-0.25, -0.2) is 0 Å². The number of amidine groups is 1. The Morgan fingerprint density at radius 1 is 0.880 bits per heavy atom. The van der Waals surface area contributed by atoms with E-state index in [9.17, 15) is 0 Å². The summed E-state index contributed by atoms with van der Waals surface area (Å²) in [7, 11) is 0. The number of benzene rings is 3. The molecule has 0 atom stereocenters. The van der Waals surface area contributed by atoms with Crippen molar-refractivity contribution in [3.63, 3.8) is 0 Å². The zero-order valence-corrected chi connectivity index (χ0v) is 16.4. The highest BCUT2D eigenvalue weighted by molar-refractivity contribution is 9.10. The van der Waals surface area contributed by atoms with Gasteiger partial charge in [-0.05, 0) is 48.0 Å². The standard InChI is InChI=1S/C20H15Br2N3/c21-14-4-6-18-16(9-14)17-10-15(22)5-7-19(17)25(18)11-12-2-1-3-13(8-12)20(23)24/h1-10H,11H2,(H3,23,24). The number of aromatic nitrogens is 1. The highest BCUT2D eigenvalue weighted by atomic mass is 79.9. The van der Waals surface area contributed by atoms with Crippen molar-refractivity contribution >= 4 is 59.5 Å². The van der Waals surface area contributed by atoms with Gasteiger partial charge in [-0.2, -0.15) is 0 Å². The fraction of sp³-hybridized carbons (Fsp3) is 0.0500. The lowest BCUT2D eigenvalue weighted by atomic mass is 10.1. The first-order chi connectivity index (χ1) is 12.0. The Labute approximate surface area is 162 Å². The molecule has 0 saturated heterocycles. The molecule has 4 rings (SSSR count). The predicted octanol–water partition coefficient (Wildman–Crippen LogP) is 5.65. The highest BCUT2D eigenvalue weighted by Gasteiger charge is 2.12. The molecule has 0 saturated carbocycles. The van der Waals surface area contributed by atoms with E-state index in [0.29, 0.717) is 0 Å². The number of hydrogen-bond acceptors (Lipinski definition) is 1. The number of hydrogen-bond donors (Lipinski definition) is 2. The molecule has 1 aromatic heterocycles. The molecule has 0 radical (unpaired) electrons. The first-order valence-electron chi connectivity index (χ1n) is 7.83. The Hall–Kier alpha value is -2.11. The van der Waals surface area contributed by atoms with Crippen molar-refractivity contribution in [2.75, 3.05) is 0 Å². The molecule has 0 unspecified atom stereocenters. The minimum Gasteiger partial charge on any atom is -0.384 e. The van der Waals surface area contributed by atoms with Crippen LogP contribution < -0.4 is 5.73 Å². The molecule has 0 aliphatic carbocycles. The number of halogens is 2. The van der Waals surface area contributed by atoms with Crippen molar-refractivity contribution in [1.82, 2.24) is 4.57 Å². The largest absolute Gasteiger partial charge is 0.384 e. The summed E-state index contributed by atoms with van der Waals surface area (Å²) in [6.07, 6.45) is 0. The Kier molecular flexibility index (Phi) is 4.13. The number of nitrogen functional groups attached to an aromatic ring is 1. The molecule has 0 aliphatic rings. The molecule has 5 heteroatoms. The third kappa shape index (κ3) is 2.98. The van der Waals surface area contributed by atoms with Crippen molar-refractivity contribution in [3.05, 3.63) is 80.7 Å². The lowest BCUT2D eigenvalue weighted by Gasteiger charge is -2.09. The lowest BCUT2D eigenvalue weighted by Crippen LogP contribution is -2.11. The van der Waals surface area contributed by atoms with E-state index in [1.165, 1.54) is 21.8 Å². The summed E-state index contributed by atoms with van der Waals surface area (Å²) in [6.45, 7) is 0.727. The summed E-state index contributed by atoms with van der Waals surface area (Å²) < 4.78 is 4.44. The molecule has 3 aromatic carbocycles. The molecule has 0 spiro atoms. The smallest absolute Gasteiger partial charge is 0.122 e. The van der Waals surface area contributed by atoms with Crippen LogP contribution in [-0.2, 0) is 6.54 Å². The second kappa shape index (κ2) is 6.32. The Balaban J connectivity index is 1.94. The summed E-state index contributed by atoms with van der Waals surface area (Å²) in [5, 5.41) is 10.1. The maximum Gasteiger partial charge on any atom is 0.122 e. The molecule has 4 aromatic rings. The van der Waals surface area contributed by atoms with Crippen LogP contribution in [0.2, 0.25) is 0 Å². The first kappa shape index (κ1) is 16.4. The van der Waals surface area contributed by atoms with E-state index in [1.807, 2.05) is 18.2 Å². The quantitative estimate of drug-likeness (QED) is 0.303. The second-order valence-electron chi connectivity index (χ2n) is 6.02. The summed E-state index contributed by atoms with van der Waals surface area (Å²) in [5.74, 6) is 0.0944. The minimum atomic E-state index is 0.0944. The van der Waals surface area contributed by atoms with Gasteiger partial charge >= 0.3 is 0 Å². The number of rotatable bonds is 3. The van der Waals surface area contributed by atoms with Gasteiger partial charge in [0.1, 0.15) is 5.84 Å². The normalized spacial score (nSPS) is 11.3. The molecule has 25 heavy (non-hydrogen) atoms. The van der Waals surface area contributed by atoms with Crippen LogP contribution in [0.15, 0.2) is 69.6 Å². The van der Waals surface area contributed by atoms with Crippen LogP contribution in [0.3, 0.4) is 0 Å². The average molecular weight is 457 g/mol. The van der Waals surface area contributed by atoms with E-state index < -0.39 is 0 Å². The minimum absolute atomic E-state index is 0.0944. The van der Waals surface area contributed by atoms with Crippen molar-refractivity contribution in [2.24, 2.45) is 5.73 Å². The molecular weight excluding hydrogens is 442 g/mol. The van der Waals surface area contributed by atoms with Gasteiger partial charge in [-0.15, -0.1) is 0 Å². The molecule has 3 N–H and O–H groups in total. The van der Waals surface area contributed by atoms with Gasteiger partial charge in [0.05, 0.1) is 0 Å². The van der Waals surface area contributed by atoms with Gasteiger partial charge in [0.2, 0.25) is 0 Å². The zero-order chi connectivity index (χ0) is 17.6. The molecule has 1 heterocycles. The van der Waals surface area contributed by atoms with Gasteiger partial charge in [-0.3, -0.25) is 5.41 Å². The number of fused-ring (bicyclic) bond motifs is 3. The van der Waals surface area contributed by atoms with Gasteiger partial charge in [-0.1, -0.05) is 50.1 Å². The maximum absolute atomic E-state index is 7.65. The van der Waals surface area contributed by atoms with E-state index in [2.05, 4.69) is 78.9 Å². The van der Waals surface area contributed by atoms with Crippen LogP contribution in [0.5, 0.6) is 0 Å². The van der Waals surface area contributed by atoms with Crippen LogP contribution in [-0.4, -0.2) is 10.4 Å². The molecule has 0 amide bonds. The van der Waals surface area contributed by atoms with Crippen molar-refractivity contribution in [2.45, 2.75) is 6.54 Å². The summed E-state index contributed by atoms with van der Waals surface area (Å²) in [6, 6.07) is 20.6. The number of nitrogens with one attached hydrogen (secondary N) is 1. The molecule has 0 fully saturated rings. The van der Waals surface area contributed by atoms with Crippen LogP contribution in [0, 0.1) is 5.41 Å². The Morgan fingerprint density at radius 2 is 1.48 bits per heavy atom. The molecule has 3 nitrogen and oxygen atoms in total.